The first-order valence-corrected chi connectivity index (χ1v) is 20.1. The van der Waals surface area contributed by atoms with Gasteiger partial charge in [0.1, 0.15) is 6.07 Å². The Morgan fingerprint density at radius 3 is 1.52 bits per heavy atom. The number of hydrogen-bond acceptors (Lipinski definition) is 4. The van der Waals surface area contributed by atoms with Crippen molar-refractivity contribution < 1.29 is 0 Å². The van der Waals surface area contributed by atoms with Gasteiger partial charge in [-0.3, -0.25) is 0 Å². The van der Waals surface area contributed by atoms with E-state index in [9.17, 15) is 5.26 Å². The van der Waals surface area contributed by atoms with Crippen LogP contribution in [0.5, 0.6) is 0 Å². The van der Waals surface area contributed by atoms with Gasteiger partial charge in [-0.1, -0.05) is 132 Å². The number of nitriles is 1. The first-order valence-electron chi connectivity index (χ1n) is 20.1. The van der Waals surface area contributed by atoms with E-state index in [0.29, 0.717) is 23.0 Å². The molecule has 11 rings (SSSR count). The van der Waals surface area contributed by atoms with E-state index in [1.807, 2.05) is 60.7 Å². The van der Waals surface area contributed by atoms with E-state index in [2.05, 4.69) is 150 Å². The van der Waals surface area contributed by atoms with Crippen LogP contribution in [-0.4, -0.2) is 24.1 Å². The van der Waals surface area contributed by atoms with Gasteiger partial charge in [0.05, 0.1) is 33.3 Å². The molecule has 0 aliphatic heterocycles. The van der Waals surface area contributed by atoms with Gasteiger partial charge in [0.2, 0.25) is 0 Å². The average molecular weight is 769 g/mol. The Balaban J connectivity index is 1.22. The molecule has 6 nitrogen and oxygen atoms in total. The van der Waals surface area contributed by atoms with Crippen molar-refractivity contribution in [2.24, 2.45) is 0 Å². The van der Waals surface area contributed by atoms with E-state index >= 15 is 0 Å². The van der Waals surface area contributed by atoms with Gasteiger partial charge in [-0.15, -0.1) is 0 Å². The lowest BCUT2D eigenvalue weighted by atomic mass is 9.93. The third kappa shape index (κ3) is 5.67. The van der Waals surface area contributed by atoms with Gasteiger partial charge in [-0.05, 0) is 80.1 Å². The highest BCUT2D eigenvalue weighted by atomic mass is 15.0. The van der Waals surface area contributed by atoms with Gasteiger partial charge in [0.25, 0.3) is 0 Å². The highest BCUT2D eigenvalue weighted by Crippen LogP contribution is 2.41. The summed E-state index contributed by atoms with van der Waals surface area (Å²) in [4.78, 5) is 15.4. The van der Waals surface area contributed by atoms with E-state index < -0.39 is 0 Å². The number of rotatable bonds is 6. The average Bonchev–Trinajstić information content (AvgIpc) is 3.81. The minimum Gasteiger partial charge on any atom is -0.309 e. The number of aromatic nitrogens is 5. The lowest BCUT2D eigenvalue weighted by Gasteiger charge is -2.18. The standard InChI is InChI=1S/C54H36N6/c1-34-24-28-50-44(30-34)40-18-9-11-21-47(40)59(50)38-26-27-42(54-57-52(36-14-5-3-6-15-36)56-53(58-54)37-16-7-4-8-17-37)43(32-38)39-20-13-23-49(46(39)33-55)60-48-22-12-10-19-41(48)45-31-35(2)25-29-51(45)60/h3-32H,1-2H3. The summed E-state index contributed by atoms with van der Waals surface area (Å²) >= 11 is 0. The number of hydrogen-bond donors (Lipinski definition) is 0. The summed E-state index contributed by atoms with van der Waals surface area (Å²) in [5.74, 6) is 1.66. The van der Waals surface area contributed by atoms with Crippen LogP contribution in [-0.2, 0) is 0 Å². The van der Waals surface area contributed by atoms with E-state index in [4.69, 9.17) is 15.0 Å². The molecule has 60 heavy (non-hydrogen) atoms. The minimum atomic E-state index is 0.517. The molecule has 11 aromatic rings. The summed E-state index contributed by atoms with van der Waals surface area (Å²) in [6.45, 7) is 4.25. The second-order valence-corrected chi connectivity index (χ2v) is 15.3. The third-order valence-electron chi connectivity index (χ3n) is 11.5. The lowest BCUT2D eigenvalue weighted by molar-refractivity contribution is 1.07. The van der Waals surface area contributed by atoms with Crippen LogP contribution in [0.1, 0.15) is 16.7 Å². The van der Waals surface area contributed by atoms with Crippen LogP contribution in [0.3, 0.4) is 0 Å². The SMILES string of the molecule is Cc1ccc2c(c1)c1ccccc1n2-c1ccc(-c2nc(-c3ccccc3)nc(-c3ccccc3)n2)c(-c2cccc(-n3c4ccccc4c4cc(C)ccc43)c2C#N)c1. The zero-order valence-electron chi connectivity index (χ0n) is 33.0. The van der Waals surface area contributed by atoms with E-state index in [1.165, 1.54) is 21.9 Å². The van der Waals surface area contributed by atoms with Crippen molar-refractivity contribution >= 4 is 43.6 Å². The smallest absolute Gasteiger partial charge is 0.164 e. The quantitative estimate of drug-likeness (QED) is 0.169. The Morgan fingerprint density at radius 2 is 0.917 bits per heavy atom. The fraction of sp³-hybridized carbons (Fsp3) is 0.0370. The van der Waals surface area contributed by atoms with Crippen LogP contribution in [0.2, 0.25) is 0 Å². The normalized spacial score (nSPS) is 11.5. The lowest BCUT2D eigenvalue weighted by Crippen LogP contribution is -2.04. The van der Waals surface area contributed by atoms with Gasteiger partial charge in [0.15, 0.2) is 17.5 Å². The highest BCUT2D eigenvalue weighted by molar-refractivity contribution is 6.11. The topological polar surface area (TPSA) is 72.3 Å². The molecule has 0 N–H and O–H groups in total. The number of benzene rings is 8. The molecule has 0 saturated carbocycles. The monoisotopic (exact) mass is 768 g/mol. The van der Waals surface area contributed by atoms with Crippen molar-refractivity contribution in [3.8, 4) is 62.7 Å². The van der Waals surface area contributed by atoms with Crippen LogP contribution >= 0.6 is 0 Å². The van der Waals surface area contributed by atoms with Gasteiger partial charge in [0, 0.05) is 49.5 Å². The maximum Gasteiger partial charge on any atom is 0.164 e. The van der Waals surface area contributed by atoms with Crippen molar-refractivity contribution in [1.82, 2.24) is 24.1 Å². The third-order valence-corrected chi connectivity index (χ3v) is 11.5. The molecule has 3 heterocycles. The molecule has 0 amide bonds. The molecular weight excluding hydrogens is 733 g/mol. The number of para-hydroxylation sites is 2. The second kappa shape index (κ2) is 14.1. The molecule has 0 aliphatic carbocycles. The molecule has 0 aliphatic rings. The molecular formula is C54H36N6. The first kappa shape index (κ1) is 35.1. The van der Waals surface area contributed by atoms with Crippen LogP contribution in [0.25, 0.3) is 100 Å². The Labute approximate surface area is 346 Å². The van der Waals surface area contributed by atoms with Gasteiger partial charge in [-0.25, -0.2) is 15.0 Å². The van der Waals surface area contributed by atoms with E-state index in [1.54, 1.807) is 0 Å². The van der Waals surface area contributed by atoms with Crippen LogP contribution in [0, 0.1) is 25.2 Å². The Morgan fingerprint density at radius 1 is 0.400 bits per heavy atom. The molecule has 0 spiro atoms. The van der Waals surface area contributed by atoms with Crippen molar-refractivity contribution in [3.63, 3.8) is 0 Å². The molecule has 0 bridgehead atoms. The molecule has 0 radical (unpaired) electrons. The molecule has 8 aromatic carbocycles. The number of aryl methyl sites for hydroxylation is 2. The van der Waals surface area contributed by atoms with Gasteiger partial charge in [-0.2, -0.15) is 5.26 Å². The number of nitrogens with zero attached hydrogens (tertiary/aromatic N) is 6. The summed E-state index contributed by atoms with van der Waals surface area (Å²) in [7, 11) is 0. The maximum atomic E-state index is 11.3. The Kier molecular flexibility index (Phi) is 8.21. The summed E-state index contributed by atoms with van der Waals surface area (Å²) in [6, 6.07) is 65.5. The highest BCUT2D eigenvalue weighted by Gasteiger charge is 2.23. The maximum absolute atomic E-state index is 11.3. The van der Waals surface area contributed by atoms with Crippen LogP contribution < -0.4 is 0 Å². The molecule has 0 fully saturated rings. The first-order chi connectivity index (χ1) is 29.5. The molecule has 3 aromatic heterocycles. The van der Waals surface area contributed by atoms with Crippen molar-refractivity contribution in [2.75, 3.05) is 0 Å². The van der Waals surface area contributed by atoms with Crippen molar-refractivity contribution in [2.45, 2.75) is 13.8 Å². The summed E-state index contributed by atoms with van der Waals surface area (Å²) in [5, 5.41) is 16.0. The summed E-state index contributed by atoms with van der Waals surface area (Å²) < 4.78 is 4.55. The van der Waals surface area contributed by atoms with Crippen molar-refractivity contribution in [3.05, 3.63) is 199 Å². The van der Waals surface area contributed by atoms with E-state index in [-0.39, 0.29) is 0 Å². The summed E-state index contributed by atoms with van der Waals surface area (Å²) in [6.07, 6.45) is 0. The molecule has 6 heteroatoms. The predicted octanol–water partition coefficient (Wildman–Crippen LogP) is 13.2. The minimum absolute atomic E-state index is 0.517. The van der Waals surface area contributed by atoms with Gasteiger partial charge < -0.3 is 9.13 Å². The molecule has 0 unspecified atom stereocenters. The summed E-state index contributed by atoms with van der Waals surface area (Å²) in [5.41, 5.74) is 13.2. The zero-order valence-corrected chi connectivity index (χ0v) is 33.0. The van der Waals surface area contributed by atoms with Crippen molar-refractivity contribution in [1.29, 1.82) is 5.26 Å². The van der Waals surface area contributed by atoms with Crippen LogP contribution in [0.15, 0.2) is 182 Å². The van der Waals surface area contributed by atoms with Gasteiger partial charge >= 0.3 is 0 Å². The molecule has 282 valence electrons. The van der Waals surface area contributed by atoms with Crippen LogP contribution in [0.4, 0.5) is 0 Å². The fourth-order valence-corrected chi connectivity index (χ4v) is 8.80. The Hall–Kier alpha value is -8.14. The molecule has 0 saturated heterocycles. The number of fused-ring (bicyclic) bond motifs is 6. The largest absolute Gasteiger partial charge is 0.309 e. The zero-order chi connectivity index (χ0) is 40.3. The predicted molar refractivity (Wildman–Crippen MR) is 244 cm³/mol. The second-order valence-electron chi connectivity index (χ2n) is 15.3. The molecule has 0 atom stereocenters. The fourth-order valence-electron chi connectivity index (χ4n) is 8.80. The Bertz CT molecular complexity index is 3460. The van der Waals surface area contributed by atoms with E-state index in [0.717, 1.165) is 72.0 Å².